The molecule has 0 radical (unpaired) electrons. The van der Waals surface area contributed by atoms with Crippen molar-refractivity contribution in [2.45, 2.75) is 58.3 Å². The van der Waals surface area contributed by atoms with E-state index in [-0.39, 0.29) is 11.3 Å². The fourth-order valence-corrected chi connectivity index (χ4v) is 6.65. The van der Waals surface area contributed by atoms with Crippen molar-refractivity contribution in [2.24, 2.45) is 29.1 Å². The Hall–Kier alpha value is -1.57. The summed E-state index contributed by atoms with van der Waals surface area (Å²) in [6.07, 6.45) is 8.41. The van der Waals surface area contributed by atoms with Crippen LogP contribution in [0.15, 0.2) is 30.9 Å². The van der Waals surface area contributed by atoms with Crippen LogP contribution in [0.2, 0.25) is 0 Å². The molecular weight excluding hydrogens is 320 g/mol. The second-order valence-corrected chi connectivity index (χ2v) is 9.00. The molecule has 1 aromatic carbocycles. The smallest absolute Gasteiger partial charge is 0.142 e. The lowest BCUT2D eigenvalue weighted by atomic mass is 9.52. The van der Waals surface area contributed by atoms with Gasteiger partial charge in [0, 0.05) is 11.3 Å². The number of Topliss-reactive ketones (excluding diaryl/α,β-unsaturated/α-hetero) is 1. The van der Waals surface area contributed by atoms with Crippen molar-refractivity contribution in [3.63, 3.8) is 0 Å². The van der Waals surface area contributed by atoms with Gasteiger partial charge in [-0.15, -0.1) is 6.58 Å². The second-order valence-electron chi connectivity index (χ2n) is 9.00. The number of rotatable bonds is 4. The molecule has 140 valence electrons. The highest BCUT2D eigenvalue weighted by molar-refractivity contribution is 5.89. The average molecular weight is 353 g/mol. The Morgan fingerprint density at radius 1 is 1.38 bits per heavy atom. The van der Waals surface area contributed by atoms with Gasteiger partial charge in [-0.05, 0) is 79.0 Å². The van der Waals surface area contributed by atoms with Crippen LogP contribution in [0.1, 0.15) is 63.0 Å². The van der Waals surface area contributed by atoms with Crippen molar-refractivity contribution in [1.29, 1.82) is 0 Å². The van der Waals surface area contributed by atoms with Crippen LogP contribution in [0.5, 0.6) is 5.75 Å². The lowest BCUT2D eigenvalue weighted by Crippen LogP contribution is -2.46. The van der Waals surface area contributed by atoms with Gasteiger partial charge in [-0.25, -0.2) is 0 Å². The lowest BCUT2D eigenvalue weighted by Gasteiger charge is -2.51. The minimum atomic E-state index is -0.105. The highest BCUT2D eigenvalue weighted by atomic mass is 16.5. The predicted molar refractivity (Wildman–Crippen MR) is 105 cm³/mol. The Kier molecular flexibility index (Phi) is 4.49. The van der Waals surface area contributed by atoms with Crippen LogP contribution in [-0.4, -0.2) is 12.9 Å². The third-order valence-corrected chi connectivity index (χ3v) is 7.95. The second kappa shape index (κ2) is 6.55. The SMILES string of the molecule is C=CC[C@@H]1CC2C3C(CC)Cc4cc(OC)ccc4C3CC[C@]2(C)C1=O. The fraction of sp³-hybridized carbons (Fsp3) is 0.625. The first kappa shape index (κ1) is 17.8. The molecule has 2 nitrogen and oxygen atoms in total. The number of benzene rings is 1. The molecule has 0 heterocycles. The summed E-state index contributed by atoms with van der Waals surface area (Å²) in [6, 6.07) is 6.68. The Bertz CT molecular complexity index is 721. The Morgan fingerprint density at radius 2 is 2.19 bits per heavy atom. The normalized spacial score (nSPS) is 38.3. The number of allylic oxidation sites excluding steroid dienone is 1. The molecule has 2 fully saturated rings. The molecule has 4 unspecified atom stereocenters. The van der Waals surface area contributed by atoms with E-state index in [0.29, 0.717) is 29.5 Å². The van der Waals surface area contributed by atoms with E-state index < -0.39 is 0 Å². The number of ketones is 1. The first-order valence-electron chi connectivity index (χ1n) is 10.4. The van der Waals surface area contributed by atoms with Crippen molar-refractivity contribution in [2.75, 3.05) is 7.11 Å². The molecule has 2 heteroatoms. The summed E-state index contributed by atoms with van der Waals surface area (Å²) in [5.74, 6) is 4.19. The van der Waals surface area contributed by atoms with Crippen LogP contribution in [0.4, 0.5) is 0 Å². The minimum absolute atomic E-state index is 0.105. The van der Waals surface area contributed by atoms with E-state index in [1.165, 1.54) is 17.5 Å². The molecule has 26 heavy (non-hydrogen) atoms. The zero-order valence-electron chi connectivity index (χ0n) is 16.5. The summed E-state index contributed by atoms with van der Waals surface area (Å²) in [4.78, 5) is 13.2. The molecule has 2 saturated carbocycles. The van der Waals surface area contributed by atoms with Crippen LogP contribution < -0.4 is 4.74 Å². The monoisotopic (exact) mass is 352 g/mol. The molecule has 0 amide bonds. The fourth-order valence-electron chi connectivity index (χ4n) is 6.65. The Labute approximate surface area is 158 Å². The first-order chi connectivity index (χ1) is 12.5. The van der Waals surface area contributed by atoms with E-state index >= 15 is 0 Å². The zero-order chi connectivity index (χ0) is 18.5. The van der Waals surface area contributed by atoms with Crippen molar-refractivity contribution in [3.8, 4) is 5.75 Å². The van der Waals surface area contributed by atoms with E-state index in [1.54, 1.807) is 7.11 Å². The van der Waals surface area contributed by atoms with Gasteiger partial charge in [-0.3, -0.25) is 4.79 Å². The predicted octanol–water partition coefficient (Wildman–Crippen LogP) is 5.56. The van der Waals surface area contributed by atoms with Crippen molar-refractivity contribution >= 4 is 5.78 Å². The van der Waals surface area contributed by atoms with Crippen LogP contribution in [0.3, 0.4) is 0 Å². The average Bonchev–Trinajstić information content (AvgIpc) is 2.91. The molecule has 0 aromatic heterocycles. The maximum atomic E-state index is 13.2. The molecule has 1 aromatic rings. The van der Waals surface area contributed by atoms with Crippen LogP contribution in [0.25, 0.3) is 0 Å². The molecule has 3 aliphatic carbocycles. The summed E-state index contributed by atoms with van der Waals surface area (Å²) in [5, 5.41) is 0. The Morgan fingerprint density at radius 3 is 2.88 bits per heavy atom. The highest BCUT2D eigenvalue weighted by Gasteiger charge is 2.59. The molecule has 6 atom stereocenters. The van der Waals surface area contributed by atoms with Gasteiger partial charge in [0.05, 0.1) is 7.11 Å². The van der Waals surface area contributed by atoms with Crippen LogP contribution >= 0.6 is 0 Å². The van der Waals surface area contributed by atoms with Crippen molar-refractivity contribution in [3.05, 3.63) is 42.0 Å². The van der Waals surface area contributed by atoms with Gasteiger partial charge in [-0.1, -0.05) is 32.4 Å². The summed E-state index contributed by atoms with van der Waals surface area (Å²) in [6.45, 7) is 8.50. The van der Waals surface area contributed by atoms with Gasteiger partial charge >= 0.3 is 0 Å². The zero-order valence-corrected chi connectivity index (χ0v) is 16.5. The Balaban J connectivity index is 1.73. The molecule has 0 bridgehead atoms. The highest BCUT2D eigenvalue weighted by Crippen LogP contribution is 2.62. The van der Waals surface area contributed by atoms with E-state index in [4.69, 9.17) is 4.74 Å². The number of carbonyl (C=O) groups is 1. The van der Waals surface area contributed by atoms with Gasteiger partial charge in [0.15, 0.2) is 0 Å². The van der Waals surface area contributed by atoms with Crippen molar-refractivity contribution in [1.82, 2.24) is 0 Å². The standard InChI is InChI=1S/C24H32O2/c1-5-7-16-14-21-22-15(6-2)12-17-13-18(26-4)8-9-19(17)20(22)10-11-24(21,3)23(16)25/h5,8-9,13,15-16,20-22H,1,6-7,10-12,14H2,2-4H3/t15?,16-,20?,21?,22?,24+/m1/s1. The third-order valence-electron chi connectivity index (χ3n) is 7.95. The molecular formula is C24H32O2. The molecule has 0 spiro atoms. The van der Waals surface area contributed by atoms with Crippen LogP contribution in [-0.2, 0) is 11.2 Å². The van der Waals surface area contributed by atoms with Gasteiger partial charge < -0.3 is 4.74 Å². The number of fused-ring (bicyclic) bond motifs is 5. The summed E-state index contributed by atoms with van der Waals surface area (Å²) in [7, 11) is 1.75. The van der Waals surface area contributed by atoms with E-state index in [9.17, 15) is 4.79 Å². The molecule has 4 rings (SSSR count). The summed E-state index contributed by atoms with van der Waals surface area (Å²) >= 11 is 0. The topological polar surface area (TPSA) is 26.3 Å². The minimum Gasteiger partial charge on any atom is -0.497 e. The number of carbonyl (C=O) groups excluding carboxylic acids is 1. The van der Waals surface area contributed by atoms with Gasteiger partial charge in [0.25, 0.3) is 0 Å². The molecule has 0 saturated heterocycles. The number of hydrogen-bond acceptors (Lipinski definition) is 2. The van der Waals surface area contributed by atoms with E-state index in [2.05, 4.69) is 38.6 Å². The van der Waals surface area contributed by atoms with Crippen molar-refractivity contribution < 1.29 is 9.53 Å². The summed E-state index contributed by atoms with van der Waals surface area (Å²) < 4.78 is 5.47. The van der Waals surface area contributed by atoms with Gasteiger partial charge in [0.1, 0.15) is 11.5 Å². The number of hydrogen-bond donors (Lipinski definition) is 0. The van der Waals surface area contributed by atoms with Crippen LogP contribution in [0, 0.1) is 29.1 Å². The van der Waals surface area contributed by atoms with Gasteiger partial charge in [0.2, 0.25) is 0 Å². The van der Waals surface area contributed by atoms with E-state index in [0.717, 1.165) is 37.9 Å². The maximum absolute atomic E-state index is 13.2. The quantitative estimate of drug-likeness (QED) is 0.663. The molecule has 0 N–H and O–H groups in total. The van der Waals surface area contributed by atoms with Gasteiger partial charge in [-0.2, -0.15) is 0 Å². The maximum Gasteiger partial charge on any atom is 0.142 e. The molecule has 0 aliphatic heterocycles. The summed E-state index contributed by atoms with van der Waals surface area (Å²) in [5.41, 5.74) is 2.90. The van der Waals surface area contributed by atoms with E-state index in [1.807, 2.05) is 6.08 Å². The largest absolute Gasteiger partial charge is 0.497 e. The lowest BCUT2D eigenvalue weighted by molar-refractivity contribution is -0.132. The number of ether oxygens (including phenoxy) is 1. The first-order valence-corrected chi connectivity index (χ1v) is 10.4. The number of methoxy groups -OCH3 is 1. The molecule has 3 aliphatic rings. The third kappa shape index (κ3) is 2.48.